The smallest absolute Gasteiger partial charge is 0.341 e. The molecule has 0 bridgehead atoms. The Morgan fingerprint density at radius 1 is 0.517 bits per heavy atom. The van der Waals surface area contributed by atoms with Gasteiger partial charge in [-0.2, -0.15) is 0 Å². The minimum atomic E-state index is -1.58. The van der Waals surface area contributed by atoms with Gasteiger partial charge in [0.15, 0.2) is 5.60 Å². The average Bonchev–Trinajstić information content (AvgIpc) is 3.52. The van der Waals surface area contributed by atoms with E-state index >= 15 is 0 Å². The minimum Gasteiger partial charge on any atom is -0.442 e. The number of aryl methyl sites for hydroxylation is 2. The first kappa shape index (κ1) is 43.4. The maximum Gasteiger partial charge on any atom is 0.341 e. The number of anilines is 2. The maximum atomic E-state index is 14.3. The standard InChI is InChI=1S/C50H52Cl4N2O2/c1-7-27-55(28-8-2)39-23-19-37(20-24-39)41(35-15-11-33(5)12-16-35)31-50(44-43(49(57)58-50)45(51)47(53)48(54)46(44)52)32-42(36-17-13-34(6)14-18-36)38-21-25-40(26-22-38)56(29-9-3)30-10-4/h11-26,31-32H,7-10,27-30H2,1-6H3. The van der Waals surface area contributed by atoms with Gasteiger partial charge in [-0.05, 0) is 109 Å². The third-order valence-electron chi connectivity index (χ3n) is 10.6. The Kier molecular flexibility index (Phi) is 14.4. The molecule has 1 aliphatic heterocycles. The Morgan fingerprint density at radius 2 is 0.845 bits per heavy atom. The molecule has 0 radical (unpaired) electrons. The number of benzene rings is 5. The highest BCUT2D eigenvalue weighted by Crippen LogP contribution is 2.53. The van der Waals surface area contributed by atoms with Crippen LogP contribution in [0.5, 0.6) is 0 Å². The molecule has 4 nitrogen and oxygen atoms in total. The summed E-state index contributed by atoms with van der Waals surface area (Å²) < 4.78 is 6.64. The first-order valence-electron chi connectivity index (χ1n) is 20.3. The van der Waals surface area contributed by atoms with Gasteiger partial charge in [-0.3, -0.25) is 0 Å². The number of esters is 1. The zero-order valence-corrected chi connectivity index (χ0v) is 37.3. The molecule has 0 unspecified atom stereocenters. The molecule has 0 fully saturated rings. The molecule has 6 rings (SSSR count). The van der Waals surface area contributed by atoms with Crippen molar-refractivity contribution in [3.05, 3.63) is 174 Å². The van der Waals surface area contributed by atoms with Crippen molar-refractivity contribution in [2.24, 2.45) is 0 Å². The number of cyclic esters (lactones) is 1. The second-order valence-electron chi connectivity index (χ2n) is 15.1. The summed E-state index contributed by atoms with van der Waals surface area (Å²) in [5, 5.41) is 0.161. The highest BCUT2D eigenvalue weighted by atomic mass is 35.5. The van der Waals surface area contributed by atoms with Crippen LogP contribution in [-0.4, -0.2) is 32.1 Å². The summed E-state index contributed by atoms with van der Waals surface area (Å²) in [5.74, 6) is -0.644. The average molecular weight is 855 g/mol. The summed E-state index contributed by atoms with van der Waals surface area (Å²) in [6, 6.07) is 33.9. The summed E-state index contributed by atoms with van der Waals surface area (Å²) in [4.78, 5) is 19.1. The van der Waals surface area contributed by atoms with Crippen molar-refractivity contribution < 1.29 is 9.53 Å². The van der Waals surface area contributed by atoms with E-state index < -0.39 is 11.6 Å². The summed E-state index contributed by atoms with van der Waals surface area (Å²) in [6.45, 7) is 16.8. The molecule has 8 heteroatoms. The first-order chi connectivity index (χ1) is 27.9. The quantitative estimate of drug-likeness (QED) is 0.0562. The summed E-state index contributed by atoms with van der Waals surface area (Å²) in [7, 11) is 0. The fourth-order valence-electron chi connectivity index (χ4n) is 7.78. The van der Waals surface area contributed by atoms with E-state index in [1.807, 2.05) is 12.2 Å². The van der Waals surface area contributed by atoms with Crippen molar-refractivity contribution >= 4 is 74.9 Å². The van der Waals surface area contributed by atoms with Crippen molar-refractivity contribution in [3.63, 3.8) is 0 Å². The van der Waals surface area contributed by atoms with Crippen LogP contribution >= 0.6 is 46.4 Å². The number of hydrogen-bond donors (Lipinski definition) is 0. The number of hydrogen-bond acceptors (Lipinski definition) is 4. The minimum absolute atomic E-state index is 0.00102. The molecule has 0 amide bonds. The zero-order chi connectivity index (χ0) is 41.6. The zero-order valence-electron chi connectivity index (χ0n) is 34.3. The third-order valence-corrected chi connectivity index (χ3v) is 12.4. The second-order valence-corrected chi connectivity index (χ2v) is 16.6. The lowest BCUT2D eigenvalue weighted by molar-refractivity contribution is 0.0300. The first-order valence-corrected chi connectivity index (χ1v) is 21.9. The topological polar surface area (TPSA) is 32.8 Å². The van der Waals surface area contributed by atoms with Crippen molar-refractivity contribution in [1.29, 1.82) is 0 Å². The van der Waals surface area contributed by atoms with E-state index in [9.17, 15) is 4.79 Å². The summed E-state index contributed by atoms with van der Waals surface area (Å²) in [6.07, 6.45) is 8.18. The monoisotopic (exact) mass is 852 g/mol. The van der Waals surface area contributed by atoms with Crippen LogP contribution in [0.25, 0.3) is 11.1 Å². The Labute approximate surface area is 365 Å². The lowest BCUT2D eigenvalue weighted by Gasteiger charge is -2.28. The van der Waals surface area contributed by atoms with Crippen LogP contribution in [0, 0.1) is 13.8 Å². The summed E-state index contributed by atoms with van der Waals surface area (Å²) in [5.41, 5.74) is 8.84. The normalized spacial score (nSPS) is 15.4. The second kappa shape index (κ2) is 19.3. The molecule has 0 aliphatic carbocycles. The van der Waals surface area contributed by atoms with Gasteiger partial charge in [-0.25, -0.2) is 4.79 Å². The Bertz CT molecular complexity index is 2150. The molecule has 58 heavy (non-hydrogen) atoms. The molecule has 0 saturated heterocycles. The molecule has 302 valence electrons. The van der Waals surface area contributed by atoms with Crippen molar-refractivity contribution in [1.82, 2.24) is 0 Å². The van der Waals surface area contributed by atoms with Gasteiger partial charge in [-0.15, -0.1) is 0 Å². The van der Waals surface area contributed by atoms with E-state index in [1.54, 1.807) is 0 Å². The van der Waals surface area contributed by atoms with Crippen molar-refractivity contribution in [2.45, 2.75) is 72.8 Å². The van der Waals surface area contributed by atoms with E-state index in [0.717, 1.165) is 108 Å². The van der Waals surface area contributed by atoms with Gasteiger partial charge in [-0.1, -0.05) is 158 Å². The third kappa shape index (κ3) is 9.16. The van der Waals surface area contributed by atoms with Crippen LogP contribution in [0.2, 0.25) is 20.1 Å². The fourth-order valence-corrected chi connectivity index (χ4v) is 8.85. The van der Waals surface area contributed by atoms with Crippen molar-refractivity contribution in [3.8, 4) is 0 Å². The molecule has 0 spiro atoms. The molecule has 5 aromatic carbocycles. The van der Waals surface area contributed by atoms with Crippen molar-refractivity contribution in [2.75, 3.05) is 36.0 Å². The Morgan fingerprint density at radius 3 is 1.19 bits per heavy atom. The Balaban J connectivity index is 1.68. The molecule has 0 N–H and O–H groups in total. The van der Waals surface area contributed by atoms with Crippen LogP contribution in [-0.2, 0) is 10.3 Å². The number of carbonyl (C=O) groups excluding carboxylic acids is 1. The molecule has 0 aromatic heterocycles. The molecule has 1 heterocycles. The van der Waals surface area contributed by atoms with Crippen LogP contribution in [0.1, 0.15) is 103 Å². The number of halogens is 4. The molecular formula is C50H52Cl4N2O2. The number of ether oxygens (including phenoxy) is 1. The lowest BCUT2D eigenvalue weighted by atomic mass is 9.82. The Hall–Kier alpha value is -4.19. The van der Waals surface area contributed by atoms with Crippen LogP contribution < -0.4 is 9.80 Å². The van der Waals surface area contributed by atoms with Gasteiger partial charge in [0.1, 0.15) is 0 Å². The fraction of sp³-hybridized carbons (Fsp3) is 0.300. The van der Waals surface area contributed by atoms with E-state index in [-0.39, 0.29) is 25.7 Å². The van der Waals surface area contributed by atoms with Crippen LogP contribution in [0.15, 0.2) is 109 Å². The highest BCUT2D eigenvalue weighted by Gasteiger charge is 2.48. The number of rotatable bonds is 16. The van der Waals surface area contributed by atoms with Crippen LogP contribution in [0.3, 0.4) is 0 Å². The van der Waals surface area contributed by atoms with E-state index in [1.165, 1.54) is 0 Å². The van der Waals surface area contributed by atoms with Gasteiger partial charge in [0, 0.05) is 43.1 Å². The maximum absolute atomic E-state index is 14.3. The van der Waals surface area contributed by atoms with Gasteiger partial charge in [0.2, 0.25) is 0 Å². The largest absolute Gasteiger partial charge is 0.442 e. The van der Waals surface area contributed by atoms with Gasteiger partial charge in [0.25, 0.3) is 0 Å². The molecule has 0 atom stereocenters. The molecule has 1 aliphatic rings. The van der Waals surface area contributed by atoms with E-state index in [2.05, 4.69) is 148 Å². The highest BCUT2D eigenvalue weighted by molar-refractivity contribution is 6.53. The molecule has 5 aromatic rings. The lowest BCUT2D eigenvalue weighted by Crippen LogP contribution is -2.25. The predicted molar refractivity (Wildman–Crippen MR) is 249 cm³/mol. The number of fused-ring (bicyclic) bond motifs is 1. The molecule has 0 saturated carbocycles. The van der Waals surface area contributed by atoms with E-state index in [4.69, 9.17) is 51.1 Å². The summed E-state index contributed by atoms with van der Waals surface area (Å²) >= 11 is 27.6. The SMILES string of the molecule is CCCN(CCC)c1ccc(C(=CC2(C=C(c3ccc(C)cc3)c3ccc(N(CCC)CCC)cc3)OC(=O)c3c(Cl)c(Cl)c(Cl)c(Cl)c32)c2ccc(C)cc2)cc1. The van der Waals surface area contributed by atoms with Gasteiger partial charge < -0.3 is 14.5 Å². The van der Waals surface area contributed by atoms with Gasteiger partial charge >= 0.3 is 5.97 Å². The predicted octanol–water partition coefficient (Wildman–Crippen LogP) is 14.8. The number of carbonyl (C=O) groups is 1. The van der Waals surface area contributed by atoms with Gasteiger partial charge in [0.05, 0.1) is 25.7 Å². The van der Waals surface area contributed by atoms with E-state index in [0.29, 0.717) is 5.56 Å². The van der Waals surface area contributed by atoms with Crippen LogP contribution in [0.4, 0.5) is 11.4 Å². The molecular weight excluding hydrogens is 802 g/mol. The number of nitrogens with zero attached hydrogens (tertiary/aromatic N) is 2.